The summed E-state index contributed by atoms with van der Waals surface area (Å²) in [5.74, 6) is 1.22. The van der Waals surface area contributed by atoms with Gasteiger partial charge < -0.3 is 14.8 Å². The van der Waals surface area contributed by atoms with Gasteiger partial charge in [-0.2, -0.15) is 0 Å². The second-order valence-corrected chi connectivity index (χ2v) is 7.38. The maximum Gasteiger partial charge on any atom is 0.321 e. The van der Waals surface area contributed by atoms with Crippen molar-refractivity contribution in [2.45, 2.75) is 13.8 Å². The molecule has 0 unspecified atom stereocenters. The molecule has 1 aromatic heterocycles. The molecule has 4 aromatic rings. The second kappa shape index (κ2) is 9.31. The highest BCUT2D eigenvalue weighted by Crippen LogP contribution is 2.24. The molecule has 0 aliphatic heterocycles. The number of ether oxygens (including phenoxy) is 2. The molecule has 1 heterocycles. The summed E-state index contributed by atoms with van der Waals surface area (Å²) in [4.78, 5) is 21.2. The third-order valence-electron chi connectivity index (χ3n) is 5.01. The van der Waals surface area contributed by atoms with Crippen LogP contribution in [0.5, 0.6) is 17.5 Å². The summed E-state index contributed by atoms with van der Waals surface area (Å²) < 4.78 is 10.8. The first-order valence-electron chi connectivity index (χ1n) is 10.1. The molecule has 0 atom stereocenters. The minimum absolute atomic E-state index is 0.150. The van der Waals surface area contributed by atoms with E-state index in [1.807, 2.05) is 56.3 Å². The number of anilines is 1. The summed E-state index contributed by atoms with van der Waals surface area (Å²) in [5.41, 5.74) is 5.31. The minimum Gasteiger partial charge on any atom is -0.497 e. The summed E-state index contributed by atoms with van der Waals surface area (Å²) in [5, 5.41) is 2.96. The molecule has 32 heavy (non-hydrogen) atoms. The maximum atomic E-state index is 12.6. The van der Waals surface area contributed by atoms with E-state index in [-0.39, 0.29) is 11.9 Å². The molecule has 4 rings (SSSR count). The van der Waals surface area contributed by atoms with Gasteiger partial charge in [-0.15, -0.1) is 0 Å². The number of hydrogen-bond donors (Lipinski definition) is 1. The van der Waals surface area contributed by atoms with E-state index in [1.54, 1.807) is 43.8 Å². The lowest BCUT2D eigenvalue weighted by Crippen LogP contribution is -2.12. The number of nitrogens with zero attached hydrogens (tertiary/aromatic N) is 2. The quantitative estimate of drug-likeness (QED) is 0.422. The van der Waals surface area contributed by atoms with Crippen LogP contribution >= 0.6 is 0 Å². The maximum absolute atomic E-state index is 12.6. The Labute approximate surface area is 186 Å². The van der Waals surface area contributed by atoms with Crippen LogP contribution in [0, 0.1) is 13.8 Å². The number of methoxy groups -OCH3 is 1. The van der Waals surface area contributed by atoms with E-state index in [2.05, 4.69) is 15.3 Å². The SMILES string of the molecule is COc1ccc(Oc2ncc(-c3ccc(C(=O)Nc4ccc(C)cc4C)cc3)cn2)cc1. The van der Waals surface area contributed by atoms with E-state index in [9.17, 15) is 4.79 Å². The zero-order chi connectivity index (χ0) is 22.5. The van der Waals surface area contributed by atoms with Gasteiger partial charge in [0.15, 0.2) is 0 Å². The first kappa shape index (κ1) is 21.1. The number of aromatic nitrogens is 2. The molecule has 0 aliphatic carbocycles. The lowest BCUT2D eigenvalue weighted by atomic mass is 10.1. The van der Waals surface area contributed by atoms with Gasteiger partial charge in [0, 0.05) is 29.2 Å². The Hall–Kier alpha value is -4.19. The first-order chi connectivity index (χ1) is 15.5. The van der Waals surface area contributed by atoms with Crippen LogP contribution in [0.15, 0.2) is 79.1 Å². The van der Waals surface area contributed by atoms with Crippen LogP contribution in [0.3, 0.4) is 0 Å². The van der Waals surface area contributed by atoms with E-state index in [0.717, 1.165) is 33.7 Å². The Morgan fingerprint density at radius 3 is 2.09 bits per heavy atom. The van der Waals surface area contributed by atoms with E-state index in [1.165, 1.54) is 0 Å². The number of benzene rings is 3. The summed E-state index contributed by atoms with van der Waals surface area (Å²) in [6, 6.07) is 20.7. The number of amides is 1. The number of carbonyl (C=O) groups excluding carboxylic acids is 1. The topological polar surface area (TPSA) is 73.3 Å². The summed E-state index contributed by atoms with van der Waals surface area (Å²) in [6.07, 6.45) is 3.38. The Bertz CT molecular complexity index is 1220. The van der Waals surface area contributed by atoms with Crippen molar-refractivity contribution in [2.24, 2.45) is 0 Å². The van der Waals surface area contributed by atoms with Crippen LogP contribution in [0.1, 0.15) is 21.5 Å². The van der Waals surface area contributed by atoms with Crippen molar-refractivity contribution in [1.29, 1.82) is 0 Å². The summed E-state index contributed by atoms with van der Waals surface area (Å²) in [6.45, 7) is 4.01. The Morgan fingerprint density at radius 2 is 1.47 bits per heavy atom. The van der Waals surface area contributed by atoms with Crippen molar-refractivity contribution in [3.63, 3.8) is 0 Å². The highest BCUT2D eigenvalue weighted by Gasteiger charge is 2.09. The monoisotopic (exact) mass is 425 g/mol. The van der Waals surface area contributed by atoms with Crippen molar-refractivity contribution in [3.05, 3.63) is 95.8 Å². The Kier molecular flexibility index (Phi) is 6.12. The predicted octanol–water partition coefficient (Wildman–Crippen LogP) is 5.81. The number of rotatable bonds is 6. The first-order valence-corrected chi connectivity index (χ1v) is 10.1. The second-order valence-electron chi connectivity index (χ2n) is 7.38. The summed E-state index contributed by atoms with van der Waals surface area (Å²) >= 11 is 0. The molecule has 160 valence electrons. The molecule has 0 saturated carbocycles. The molecular weight excluding hydrogens is 402 g/mol. The molecule has 1 N–H and O–H groups in total. The van der Waals surface area contributed by atoms with Crippen LogP contribution in [0.4, 0.5) is 5.69 Å². The van der Waals surface area contributed by atoms with Gasteiger partial charge in [0.1, 0.15) is 11.5 Å². The standard InChI is InChI=1S/C26H23N3O3/c1-17-4-13-24(18(2)14-17)29-25(30)20-7-5-19(6-8-20)21-15-27-26(28-16-21)32-23-11-9-22(31-3)10-12-23/h4-16H,1-3H3,(H,29,30). The average Bonchev–Trinajstić information content (AvgIpc) is 2.82. The van der Waals surface area contributed by atoms with Crippen molar-refractivity contribution in [2.75, 3.05) is 12.4 Å². The van der Waals surface area contributed by atoms with Gasteiger partial charge in [-0.1, -0.05) is 29.8 Å². The molecular formula is C26H23N3O3. The van der Waals surface area contributed by atoms with Crippen LogP contribution in [-0.2, 0) is 0 Å². The van der Waals surface area contributed by atoms with Gasteiger partial charge >= 0.3 is 6.01 Å². The lowest BCUT2D eigenvalue weighted by Gasteiger charge is -2.10. The van der Waals surface area contributed by atoms with Gasteiger partial charge in [0.05, 0.1) is 7.11 Å². The molecule has 0 saturated heterocycles. The molecule has 0 fully saturated rings. The van der Waals surface area contributed by atoms with Crippen molar-refractivity contribution >= 4 is 11.6 Å². The number of carbonyl (C=O) groups is 1. The highest BCUT2D eigenvalue weighted by atomic mass is 16.5. The number of hydrogen-bond acceptors (Lipinski definition) is 5. The molecule has 0 bridgehead atoms. The van der Waals surface area contributed by atoms with Crippen LogP contribution in [0.25, 0.3) is 11.1 Å². The van der Waals surface area contributed by atoms with Gasteiger partial charge in [-0.3, -0.25) is 4.79 Å². The van der Waals surface area contributed by atoms with Gasteiger partial charge in [-0.05, 0) is 67.4 Å². The van der Waals surface area contributed by atoms with Crippen molar-refractivity contribution < 1.29 is 14.3 Å². The number of nitrogens with one attached hydrogen (secondary N) is 1. The van der Waals surface area contributed by atoms with Gasteiger partial charge in [0.25, 0.3) is 5.91 Å². The lowest BCUT2D eigenvalue weighted by molar-refractivity contribution is 0.102. The van der Waals surface area contributed by atoms with E-state index in [4.69, 9.17) is 9.47 Å². The van der Waals surface area contributed by atoms with Crippen LogP contribution in [0.2, 0.25) is 0 Å². The third kappa shape index (κ3) is 4.92. The molecule has 0 aliphatic rings. The summed E-state index contributed by atoms with van der Waals surface area (Å²) in [7, 11) is 1.61. The van der Waals surface area contributed by atoms with Crippen molar-refractivity contribution in [3.8, 4) is 28.6 Å². The largest absolute Gasteiger partial charge is 0.497 e. The normalized spacial score (nSPS) is 10.5. The highest BCUT2D eigenvalue weighted by molar-refractivity contribution is 6.04. The smallest absolute Gasteiger partial charge is 0.321 e. The fraction of sp³-hybridized carbons (Fsp3) is 0.115. The fourth-order valence-corrected chi connectivity index (χ4v) is 3.23. The van der Waals surface area contributed by atoms with E-state index < -0.39 is 0 Å². The van der Waals surface area contributed by atoms with Crippen LogP contribution in [-0.4, -0.2) is 23.0 Å². The van der Waals surface area contributed by atoms with E-state index in [0.29, 0.717) is 11.3 Å². The Balaban J connectivity index is 1.42. The average molecular weight is 425 g/mol. The van der Waals surface area contributed by atoms with Gasteiger partial charge in [-0.25, -0.2) is 9.97 Å². The molecule has 6 heteroatoms. The minimum atomic E-state index is -0.150. The molecule has 0 spiro atoms. The van der Waals surface area contributed by atoms with E-state index >= 15 is 0 Å². The predicted molar refractivity (Wildman–Crippen MR) is 124 cm³/mol. The van der Waals surface area contributed by atoms with Gasteiger partial charge in [0.2, 0.25) is 0 Å². The van der Waals surface area contributed by atoms with Crippen molar-refractivity contribution in [1.82, 2.24) is 9.97 Å². The molecule has 6 nitrogen and oxygen atoms in total. The third-order valence-corrected chi connectivity index (χ3v) is 5.01. The zero-order valence-corrected chi connectivity index (χ0v) is 18.1. The van der Waals surface area contributed by atoms with Crippen LogP contribution < -0.4 is 14.8 Å². The Morgan fingerprint density at radius 1 is 0.812 bits per heavy atom. The zero-order valence-electron chi connectivity index (χ0n) is 18.1. The number of aryl methyl sites for hydroxylation is 2. The molecule has 0 radical (unpaired) electrons. The molecule has 3 aromatic carbocycles. The molecule has 1 amide bonds. The fourth-order valence-electron chi connectivity index (χ4n) is 3.23.